The van der Waals surface area contributed by atoms with Crippen molar-refractivity contribution in [1.82, 2.24) is 0 Å². The second-order valence-corrected chi connectivity index (χ2v) is 4.04. The molecule has 0 aromatic heterocycles. The number of anilines is 2. The zero-order chi connectivity index (χ0) is 14.7. The second-order valence-electron chi connectivity index (χ2n) is 4.04. The van der Waals surface area contributed by atoms with Gasteiger partial charge < -0.3 is 15.9 Å². The number of amides is 2. The van der Waals surface area contributed by atoms with Gasteiger partial charge in [0.2, 0.25) is 0 Å². The number of rotatable bonds is 2. The molecule has 2 rings (SSSR count). The minimum Gasteiger partial charge on any atom is -0.508 e. The van der Waals surface area contributed by atoms with E-state index in [0.29, 0.717) is 11.4 Å². The number of nitrogens with zero attached hydrogens (tertiary/aromatic N) is 1. The van der Waals surface area contributed by atoms with Crippen LogP contribution in [-0.2, 0) is 9.59 Å². The third-order valence-corrected chi connectivity index (χ3v) is 2.63. The second kappa shape index (κ2) is 5.31. The lowest BCUT2D eigenvalue weighted by molar-refractivity contribution is -0.135. The molecular weight excluding hydrogens is 260 g/mol. The summed E-state index contributed by atoms with van der Waals surface area (Å²) in [7, 11) is 0. The molecule has 20 heavy (non-hydrogen) atoms. The van der Waals surface area contributed by atoms with Gasteiger partial charge in [-0.15, -0.1) is 0 Å². The third-order valence-electron chi connectivity index (χ3n) is 2.63. The molecule has 2 aromatic rings. The molecule has 0 saturated carbocycles. The van der Waals surface area contributed by atoms with Crippen molar-refractivity contribution < 1.29 is 19.8 Å². The Morgan fingerprint density at radius 3 is 1.45 bits per heavy atom. The van der Waals surface area contributed by atoms with Gasteiger partial charge in [0, 0.05) is 11.4 Å². The first-order chi connectivity index (χ1) is 9.49. The van der Waals surface area contributed by atoms with Crippen LogP contribution in [0.2, 0.25) is 0 Å². The van der Waals surface area contributed by atoms with Crippen molar-refractivity contribution in [3.8, 4) is 11.5 Å². The van der Waals surface area contributed by atoms with Crippen LogP contribution in [0.3, 0.4) is 0 Å². The Labute approximate surface area is 114 Å². The summed E-state index contributed by atoms with van der Waals surface area (Å²) in [5.41, 5.74) is 5.79. The summed E-state index contributed by atoms with van der Waals surface area (Å²) in [6, 6.07) is 11.4. The van der Waals surface area contributed by atoms with Crippen LogP contribution >= 0.6 is 0 Å². The van der Waals surface area contributed by atoms with Crippen molar-refractivity contribution in [2.45, 2.75) is 0 Å². The van der Waals surface area contributed by atoms with Gasteiger partial charge in [-0.05, 0) is 48.5 Å². The van der Waals surface area contributed by atoms with Gasteiger partial charge in [0.15, 0.2) is 0 Å². The number of aromatic hydroxyl groups is 2. The van der Waals surface area contributed by atoms with Crippen LogP contribution in [0, 0.1) is 0 Å². The van der Waals surface area contributed by atoms with E-state index in [4.69, 9.17) is 5.73 Å². The number of carbonyl (C=O) groups excluding carboxylic acids is 2. The van der Waals surface area contributed by atoms with Gasteiger partial charge in [0.05, 0.1) is 0 Å². The summed E-state index contributed by atoms with van der Waals surface area (Å²) in [6.07, 6.45) is 0. The van der Waals surface area contributed by atoms with Crippen molar-refractivity contribution in [2.24, 2.45) is 5.73 Å². The van der Waals surface area contributed by atoms with E-state index in [0.717, 1.165) is 4.90 Å². The molecule has 0 bridgehead atoms. The summed E-state index contributed by atoms with van der Waals surface area (Å²) in [6.45, 7) is 0. The average Bonchev–Trinajstić information content (AvgIpc) is 2.43. The van der Waals surface area contributed by atoms with Crippen molar-refractivity contribution >= 4 is 23.2 Å². The first kappa shape index (κ1) is 13.4. The van der Waals surface area contributed by atoms with Crippen molar-refractivity contribution in [3.05, 3.63) is 48.5 Å². The van der Waals surface area contributed by atoms with Gasteiger partial charge >= 0.3 is 11.8 Å². The summed E-state index contributed by atoms with van der Waals surface area (Å²) in [4.78, 5) is 24.2. The number of carbonyl (C=O) groups is 2. The Balaban J connectivity index is 2.49. The lowest BCUT2D eigenvalue weighted by Crippen LogP contribution is -2.37. The molecule has 6 nitrogen and oxygen atoms in total. The van der Waals surface area contributed by atoms with E-state index >= 15 is 0 Å². The van der Waals surface area contributed by atoms with Gasteiger partial charge in [-0.1, -0.05) is 0 Å². The molecule has 0 aliphatic heterocycles. The smallest absolute Gasteiger partial charge is 0.320 e. The molecule has 4 N–H and O–H groups in total. The van der Waals surface area contributed by atoms with Crippen LogP contribution in [0.5, 0.6) is 11.5 Å². The summed E-state index contributed by atoms with van der Waals surface area (Å²) >= 11 is 0. The van der Waals surface area contributed by atoms with Crippen LogP contribution in [0.4, 0.5) is 11.4 Å². The van der Waals surface area contributed by atoms with Crippen molar-refractivity contribution in [1.29, 1.82) is 0 Å². The minimum atomic E-state index is -1.11. The number of benzene rings is 2. The Kier molecular flexibility index (Phi) is 3.56. The molecule has 6 heteroatoms. The van der Waals surface area contributed by atoms with Gasteiger partial charge in [0.25, 0.3) is 0 Å². The fourth-order valence-electron chi connectivity index (χ4n) is 1.70. The van der Waals surface area contributed by atoms with E-state index in [-0.39, 0.29) is 11.5 Å². The van der Waals surface area contributed by atoms with E-state index < -0.39 is 11.8 Å². The molecule has 0 saturated heterocycles. The Bertz CT molecular complexity index is 590. The average molecular weight is 272 g/mol. The number of phenolic OH excluding ortho intramolecular Hbond substituents is 2. The maximum atomic E-state index is 11.9. The Morgan fingerprint density at radius 2 is 1.15 bits per heavy atom. The summed E-state index contributed by atoms with van der Waals surface area (Å²) < 4.78 is 0. The molecule has 0 unspecified atom stereocenters. The molecule has 102 valence electrons. The van der Waals surface area contributed by atoms with E-state index in [1.807, 2.05) is 0 Å². The molecule has 0 spiro atoms. The fourth-order valence-corrected chi connectivity index (χ4v) is 1.70. The van der Waals surface area contributed by atoms with Crippen molar-refractivity contribution in [3.63, 3.8) is 0 Å². The zero-order valence-electron chi connectivity index (χ0n) is 10.4. The number of hydrogen-bond acceptors (Lipinski definition) is 4. The van der Waals surface area contributed by atoms with Gasteiger partial charge in [-0.25, -0.2) is 0 Å². The summed E-state index contributed by atoms with van der Waals surface area (Å²) in [5.74, 6) is -1.95. The number of nitrogens with two attached hydrogens (primary N) is 1. The van der Waals surface area contributed by atoms with Crippen molar-refractivity contribution in [2.75, 3.05) is 4.90 Å². The predicted molar refractivity (Wildman–Crippen MR) is 72.6 cm³/mol. The van der Waals surface area contributed by atoms with Crippen LogP contribution in [-0.4, -0.2) is 22.0 Å². The van der Waals surface area contributed by atoms with E-state index in [9.17, 15) is 19.8 Å². The monoisotopic (exact) mass is 272 g/mol. The highest BCUT2D eigenvalue weighted by atomic mass is 16.3. The highest BCUT2D eigenvalue weighted by molar-refractivity contribution is 6.41. The minimum absolute atomic E-state index is 0.0333. The Hall–Kier alpha value is -3.02. The van der Waals surface area contributed by atoms with E-state index in [1.54, 1.807) is 0 Å². The van der Waals surface area contributed by atoms with Crippen LogP contribution < -0.4 is 10.6 Å². The van der Waals surface area contributed by atoms with Crippen LogP contribution in [0.25, 0.3) is 0 Å². The fraction of sp³-hybridized carbons (Fsp3) is 0. The molecular formula is C14H12N2O4. The number of hydrogen-bond donors (Lipinski definition) is 3. The topological polar surface area (TPSA) is 104 Å². The highest BCUT2D eigenvalue weighted by Gasteiger charge is 2.22. The van der Waals surface area contributed by atoms with E-state index in [1.165, 1.54) is 48.5 Å². The standard InChI is InChI=1S/C14H12N2O4/c15-13(19)14(20)16(9-1-5-11(17)6-2-9)10-3-7-12(18)8-4-10/h1-8,17-18H,(H2,15,19). The maximum absolute atomic E-state index is 11.9. The molecule has 0 aliphatic carbocycles. The largest absolute Gasteiger partial charge is 0.508 e. The molecule has 0 radical (unpaired) electrons. The third kappa shape index (κ3) is 2.69. The molecule has 0 heterocycles. The molecule has 0 aliphatic rings. The number of primary amides is 1. The molecule has 0 atom stereocenters. The zero-order valence-corrected chi connectivity index (χ0v) is 10.4. The lowest BCUT2D eigenvalue weighted by atomic mass is 10.2. The molecule has 2 aromatic carbocycles. The maximum Gasteiger partial charge on any atom is 0.320 e. The lowest BCUT2D eigenvalue weighted by Gasteiger charge is -2.21. The normalized spacial score (nSPS) is 10.0. The number of phenols is 2. The molecule has 2 amide bonds. The summed E-state index contributed by atoms with van der Waals surface area (Å²) in [5, 5.41) is 18.5. The van der Waals surface area contributed by atoms with E-state index in [2.05, 4.69) is 0 Å². The first-order valence-electron chi connectivity index (χ1n) is 5.71. The van der Waals surface area contributed by atoms with Gasteiger partial charge in [-0.2, -0.15) is 0 Å². The quantitative estimate of drug-likeness (QED) is 0.715. The predicted octanol–water partition coefficient (Wildman–Crippen LogP) is 1.25. The molecule has 0 fully saturated rings. The van der Waals surface area contributed by atoms with Gasteiger partial charge in [-0.3, -0.25) is 14.5 Å². The van der Waals surface area contributed by atoms with Crippen LogP contribution in [0.1, 0.15) is 0 Å². The van der Waals surface area contributed by atoms with Gasteiger partial charge in [0.1, 0.15) is 11.5 Å². The first-order valence-corrected chi connectivity index (χ1v) is 5.71. The van der Waals surface area contributed by atoms with Crippen LogP contribution in [0.15, 0.2) is 48.5 Å². The Morgan fingerprint density at radius 1 is 0.800 bits per heavy atom. The highest BCUT2D eigenvalue weighted by Crippen LogP contribution is 2.28. The SMILES string of the molecule is NC(=O)C(=O)N(c1ccc(O)cc1)c1ccc(O)cc1.